The van der Waals surface area contributed by atoms with E-state index in [1.54, 1.807) is 18.2 Å². The smallest absolute Gasteiger partial charge is 0.325 e. The SMILES string of the molecule is O=C(Nc1c(F)cccc1F)N1CCC(Cn2c(C(F)(F)F)nc3ccccc32)CC1. The third-order valence-electron chi connectivity index (χ3n) is 5.45. The molecule has 2 aromatic carbocycles. The molecule has 1 saturated heterocycles. The summed E-state index contributed by atoms with van der Waals surface area (Å²) in [5, 5.41) is 2.23. The van der Waals surface area contributed by atoms with E-state index in [1.165, 1.54) is 21.6 Å². The molecule has 0 radical (unpaired) electrons. The Balaban J connectivity index is 1.44. The summed E-state index contributed by atoms with van der Waals surface area (Å²) in [6.45, 7) is 0.647. The molecule has 0 saturated carbocycles. The summed E-state index contributed by atoms with van der Waals surface area (Å²) in [4.78, 5) is 17.5. The maximum Gasteiger partial charge on any atom is 0.449 e. The van der Waals surface area contributed by atoms with Crippen LogP contribution in [0.25, 0.3) is 11.0 Å². The van der Waals surface area contributed by atoms with Gasteiger partial charge in [-0.25, -0.2) is 18.6 Å². The van der Waals surface area contributed by atoms with E-state index in [1.807, 2.05) is 0 Å². The average Bonchev–Trinajstić information content (AvgIpc) is 3.10. The average molecular weight is 438 g/mol. The molecule has 1 N–H and O–H groups in total. The molecule has 4 rings (SSSR count). The van der Waals surface area contributed by atoms with Gasteiger partial charge in [0, 0.05) is 19.6 Å². The number of halogens is 5. The first-order valence-electron chi connectivity index (χ1n) is 9.76. The van der Waals surface area contributed by atoms with Crippen LogP contribution < -0.4 is 5.32 Å². The number of alkyl halides is 3. The number of hydrogen-bond donors (Lipinski definition) is 1. The van der Waals surface area contributed by atoms with Crippen molar-refractivity contribution in [1.82, 2.24) is 14.5 Å². The maximum absolute atomic E-state index is 13.7. The molecule has 1 aromatic heterocycles. The number of para-hydroxylation sites is 3. The number of imidazole rings is 1. The lowest BCUT2D eigenvalue weighted by Crippen LogP contribution is -2.42. The fourth-order valence-electron chi connectivity index (χ4n) is 3.86. The third kappa shape index (κ3) is 4.33. The van der Waals surface area contributed by atoms with Crippen molar-refractivity contribution < 1.29 is 26.7 Å². The number of benzene rings is 2. The predicted molar refractivity (Wildman–Crippen MR) is 104 cm³/mol. The molecule has 3 aromatic rings. The molecule has 0 unspecified atom stereocenters. The Morgan fingerprint density at radius 1 is 1.03 bits per heavy atom. The van der Waals surface area contributed by atoms with Crippen LogP contribution in [0.1, 0.15) is 18.7 Å². The highest BCUT2D eigenvalue weighted by Gasteiger charge is 2.38. The Labute approximate surface area is 174 Å². The van der Waals surface area contributed by atoms with Gasteiger partial charge in [-0.15, -0.1) is 0 Å². The Morgan fingerprint density at radius 2 is 1.68 bits per heavy atom. The molecule has 1 aliphatic heterocycles. The van der Waals surface area contributed by atoms with E-state index in [4.69, 9.17) is 0 Å². The second-order valence-corrected chi connectivity index (χ2v) is 7.49. The van der Waals surface area contributed by atoms with Crippen LogP contribution in [0.15, 0.2) is 42.5 Å². The van der Waals surface area contributed by atoms with Gasteiger partial charge in [0.05, 0.1) is 11.0 Å². The van der Waals surface area contributed by atoms with Gasteiger partial charge in [-0.3, -0.25) is 0 Å². The maximum atomic E-state index is 13.7. The van der Waals surface area contributed by atoms with Crippen molar-refractivity contribution >= 4 is 22.8 Å². The lowest BCUT2D eigenvalue weighted by Gasteiger charge is -2.32. The lowest BCUT2D eigenvalue weighted by molar-refractivity contribution is -0.147. The van der Waals surface area contributed by atoms with Gasteiger partial charge >= 0.3 is 12.2 Å². The predicted octanol–water partition coefficient (Wildman–Crippen LogP) is 5.28. The molecule has 2 amide bonds. The third-order valence-corrected chi connectivity index (χ3v) is 5.45. The van der Waals surface area contributed by atoms with Crippen molar-refractivity contribution in [3.63, 3.8) is 0 Å². The summed E-state index contributed by atoms with van der Waals surface area (Å²) in [5.74, 6) is -2.80. The van der Waals surface area contributed by atoms with Gasteiger partial charge in [0.1, 0.15) is 17.3 Å². The summed E-state index contributed by atoms with van der Waals surface area (Å²) in [5.41, 5.74) is 0.165. The van der Waals surface area contributed by atoms with E-state index < -0.39 is 35.4 Å². The van der Waals surface area contributed by atoms with E-state index >= 15 is 0 Å². The number of hydrogen-bond acceptors (Lipinski definition) is 2. The van der Waals surface area contributed by atoms with Gasteiger partial charge in [-0.05, 0) is 43.0 Å². The molecule has 164 valence electrons. The minimum Gasteiger partial charge on any atom is -0.325 e. The number of amides is 2. The number of urea groups is 1. The molecule has 1 fully saturated rings. The zero-order valence-electron chi connectivity index (χ0n) is 16.3. The van der Waals surface area contributed by atoms with Crippen LogP contribution in [-0.2, 0) is 12.7 Å². The van der Waals surface area contributed by atoms with Gasteiger partial charge in [0.25, 0.3) is 0 Å². The monoisotopic (exact) mass is 438 g/mol. The molecule has 5 nitrogen and oxygen atoms in total. The fourth-order valence-corrected chi connectivity index (χ4v) is 3.86. The first-order valence-corrected chi connectivity index (χ1v) is 9.76. The molecule has 31 heavy (non-hydrogen) atoms. The van der Waals surface area contributed by atoms with Crippen molar-refractivity contribution in [2.75, 3.05) is 18.4 Å². The van der Waals surface area contributed by atoms with E-state index in [2.05, 4.69) is 10.3 Å². The van der Waals surface area contributed by atoms with Gasteiger partial charge < -0.3 is 14.8 Å². The van der Waals surface area contributed by atoms with E-state index in [0.29, 0.717) is 18.4 Å². The minimum atomic E-state index is -4.58. The zero-order chi connectivity index (χ0) is 22.2. The molecule has 10 heteroatoms. The number of nitrogens with zero attached hydrogens (tertiary/aromatic N) is 3. The molecule has 0 bridgehead atoms. The molecular weight excluding hydrogens is 419 g/mol. The highest BCUT2D eigenvalue weighted by Crippen LogP contribution is 2.33. The summed E-state index contributed by atoms with van der Waals surface area (Å²) in [7, 11) is 0. The first-order chi connectivity index (χ1) is 14.7. The second-order valence-electron chi connectivity index (χ2n) is 7.49. The Bertz CT molecular complexity index is 1080. The first kappa shape index (κ1) is 21.1. The number of carbonyl (C=O) groups is 1. The standard InChI is InChI=1S/C21H19F5N4O/c22-14-4-3-5-15(23)18(14)28-20(31)29-10-8-13(9-11-29)12-30-17-7-2-1-6-16(17)27-19(30)21(24,25)26/h1-7,13H,8-12H2,(H,28,31). The van der Waals surface area contributed by atoms with Gasteiger partial charge in [-0.1, -0.05) is 18.2 Å². The molecule has 1 aliphatic rings. The number of nitrogens with one attached hydrogen (secondary N) is 1. The number of carbonyl (C=O) groups excluding carboxylic acids is 1. The fraction of sp³-hybridized carbons (Fsp3) is 0.333. The number of anilines is 1. The number of fused-ring (bicyclic) bond motifs is 1. The molecule has 2 heterocycles. The van der Waals surface area contributed by atoms with Crippen molar-refractivity contribution in [3.8, 4) is 0 Å². The minimum absolute atomic E-state index is 0.104. The zero-order valence-corrected chi connectivity index (χ0v) is 16.3. The molecule has 0 spiro atoms. The second kappa shape index (κ2) is 8.16. The van der Waals surface area contributed by atoms with Crippen LogP contribution in [0, 0.1) is 17.6 Å². The van der Waals surface area contributed by atoms with Crippen LogP contribution in [0.3, 0.4) is 0 Å². The summed E-state index contributed by atoms with van der Waals surface area (Å²) in [6, 6.07) is 9.06. The normalized spacial score (nSPS) is 15.5. The van der Waals surface area contributed by atoms with Crippen LogP contribution in [-0.4, -0.2) is 33.6 Å². The van der Waals surface area contributed by atoms with E-state index in [0.717, 1.165) is 12.1 Å². The topological polar surface area (TPSA) is 50.2 Å². The van der Waals surface area contributed by atoms with Crippen LogP contribution in [0.4, 0.5) is 32.4 Å². The summed E-state index contributed by atoms with van der Waals surface area (Å²) >= 11 is 0. The van der Waals surface area contributed by atoms with E-state index in [9.17, 15) is 26.7 Å². The van der Waals surface area contributed by atoms with Crippen LogP contribution in [0.5, 0.6) is 0 Å². The van der Waals surface area contributed by atoms with Crippen molar-refractivity contribution in [3.05, 3.63) is 59.9 Å². The Morgan fingerprint density at radius 3 is 2.32 bits per heavy atom. The highest BCUT2D eigenvalue weighted by molar-refractivity contribution is 5.89. The lowest BCUT2D eigenvalue weighted by atomic mass is 9.96. The largest absolute Gasteiger partial charge is 0.449 e. The number of rotatable bonds is 3. The highest BCUT2D eigenvalue weighted by atomic mass is 19.4. The van der Waals surface area contributed by atoms with Gasteiger partial charge in [-0.2, -0.15) is 13.2 Å². The van der Waals surface area contributed by atoms with Crippen molar-refractivity contribution in [2.24, 2.45) is 5.92 Å². The molecule has 0 atom stereocenters. The Kier molecular flexibility index (Phi) is 5.55. The summed E-state index contributed by atoms with van der Waals surface area (Å²) in [6.07, 6.45) is -3.67. The van der Waals surface area contributed by atoms with Gasteiger partial charge in [0.2, 0.25) is 5.82 Å². The molecule has 0 aliphatic carbocycles. The molecular formula is C21H19F5N4O. The van der Waals surface area contributed by atoms with E-state index in [-0.39, 0.29) is 31.1 Å². The van der Waals surface area contributed by atoms with Crippen LogP contribution >= 0.6 is 0 Å². The van der Waals surface area contributed by atoms with Gasteiger partial charge in [0.15, 0.2) is 0 Å². The number of aromatic nitrogens is 2. The number of piperidine rings is 1. The van der Waals surface area contributed by atoms with Crippen molar-refractivity contribution in [1.29, 1.82) is 0 Å². The number of likely N-dealkylation sites (tertiary alicyclic amines) is 1. The van der Waals surface area contributed by atoms with Crippen molar-refractivity contribution in [2.45, 2.75) is 25.6 Å². The Hall–Kier alpha value is -3.17. The quantitative estimate of drug-likeness (QED) is 0.566. The van der Waals surface area contributed by atoms with Crippen LogP contribution in [0.2, 0.25) is 0 Å². The summed E-state index contributed by atoms with van der Waals surface area (Å²) < 4.78 is 69.1.